The lowest BCUT2D eigenvalue weighted by Gasteiger charge is -2.25. The molecule has 4 nitrogen and oxygen atoms in total. The summed E-state index contributed by atoms with van der Waals surface area (Å²) in [6.45, 7) is 0.706. The molecule has 2 heterocycles. The number of nitrogens with zero attached hydrogens (tertiary/aromatic N) is 1. The van der Waals surface area contributed by atoms with Crippen LogP contribution in [0.1, 0.15) is 34.5 Å². The van der Waals surface area contributed by atoms with Crippen molar-refractivity contribution in [3.05, 3.63) is 59.4 Å². The first-order chi connectivity index (χ1) is 11.3. The molecule has 1 N–H and O–H groups in total. The Morgan fingerprint density at radius 2 is 2.13 bits per heavy atom. The monoisotopic (exact) mass is 308 g/mol. The Morgan fingerprint density at radius 3 is 3.00 bits per heavy atom. The Bertz CT molecular complexity index is 725. The summed E-state index contributed by atoms with van der Waals surface area (Å²) in [4.78, 5) is 16.6. The maximum absolute atomic E-state index is 12.1. The van der Waals surface area contributed by atoms with Crippen LogP contribution in [0.4, 0.5) is 0 Å². The van der Waals surface area contributed by atoms with Crippen molar-refractivity contribution in [1.29, 1.82) is 0 Å². The molecule has 1 aliphatic carbocycles. The number of nitrogens with one attached hydrogen (secondary N) is 1. The average Bonchev–Trinajstić information content (AvgIpc) is 3.39. The topological polar surface area (TPSA) is 51.2 Å². The Morgan fingerprint density at radius 1 is 1.26 bits per heavy atom. The van der Waals surface area contributed by atoms with E-state index in [4.69, 9.17) is 4.74 Å². The standard InChI is InChI=1S/C19H20N2O2/c22-19(21-16-5-6-16)15-7-8-20-17(11-15)10-13-9-14-3-1-2-4-18(14)23-12-13/h1-4,7-8,11,13,16H,5-6,9-10,12H2,(H,21,22). The van der Waals surface area contributed by atoms with Crippen molar-refractivity contribution >= 4 is 5.91 Å². The van der Waals surface area contributed by atoms with Gasteiger partial charge in [0.25, 0.3) is 5.91 Å². The smallest absolute Gasteiger partial charge is 0.251 e. The number of rotatable bonds is 4. The molecule has 1 aromatic carbocycles. The lowest BCUT2D eigenvalue weighted by Crippen LogP contribution is -2.26. The minimum absolute atomic E-state index is 0.0152. The number of para-hydroxylation sites is 1. The number of hydrogen-bond acceptors (Lipinski definition) is 3. The van der Waals surface area contributed by atoms with Gasteiger partial charge in [-0.2, -0.15) is 0 Å². The van der Waals surface area contributed by atoms with Gasteiger partial charge in [-0.15, -0.1) is 0 Å². The van der Waals surface area contributed by atoms with Crippen LogP contribution in [0.2, 0.25) is 0 Å². The van der Waals surface area contributed by atoms with E-state index < -0.39 is 0 Å². The second kappa shape index (κ2) is 6.03. The largest absolute Gasteiger partial charge is 0.493 e. The van der Waals surface area contributed by atoms with Crippen LogP contribution >= 0.6 is 0 Å². The van der Waals surface area contributed by atoms with Gasteiger partial charge in [0.1, 0.15) is 5.75 Å². The Kier molecular flexibility index (Phi) is 3.74. The summed E-state index contributed by atoms with van der Waals surface area (Å²) in [7, 11) is 0. The molecule has 2 aromatic rings. The van der Waals surface area contributed by atoms with Crippen molar-refractivity contribution in [2.24, 2.45) is 5.92 Å². The molecular weight excluding hydrogens is 288 g/mol. The van der Waals surface area contributed by atoms with E-state index in [9.17, 15) is 4.79 Å². The third-order valence-electron chi connectivity index (χ3n) is 4.44. The van der Waals surface area contributed by atoms with E-state index in [1.165, 1.54) is 5.56 Å². The van der Waals surface area contributed by atoms with E-state index in [2.05, 4.69) is 16.4 Å². The van der Waals surface area contributed by atoms with Crippen LogP contribution in [-0.2, 0) is 12.8 Å². The van der Waals surface area contributed by atoms with Crippen LogP contribution in [0.5, 0.6) is 5.75 Å². The lowest BCUT2D eigenvalue weighted by atomic mass is 9.92. The Hall–Kier alpha value is -2.36. The maximum atomic E-state index is 12.1. The van der Waals surface area contributed by atoms with Crippen LogP contribution in [0.15, 0.2) is 42.6 Å². The molecule has 1 saturated carbocycles. The maximum Gasteiger partial charge on any atom is 0.251 e. The predicted octanol–water partition coefficient (Wildman–Crippen LogP) is 2.77. The average molecular weight is 308 g/mol. The zero-order valence-corrected chi connectivity index (χ0v) is 13.0. The number of benzene rings is 1. The number of aromatic nitrogens is 1. The number of carbonyl (C=O) groups excluding carboxylic acids is 1. The predicted molar refractivity (Wildman–Crippen MR) is 87.6 cm³/mol. The second-order valence-corrected chi connectivity index (χ2v) is 6.48. The normalized spacial score (nSPS) is 19.6. The van der Waals surface area contributed by atoms with Crippen LogP contribution in [0.25, 0.3) is 0 Å². The molecule has 1 amide bonds. The van der Waals surface area contributed by atoms with Crippen LogP contribution in [-0.4, -0.2) is 23.5 Å². The quantitative estimate of drug-likeness (QED) is 0.945. The number of pyridine rings is 1. The van der Waals surface area contributed by atoms with Gasteiger partial charge in [-0.25, -0.2) is 0 Å². The summed E-state index contributed by atoms with van der Waals surface area (Å²) in [5, 5.41) is 3.02. The van der Waals surface area contributed by atoms with Gasteiger partial charge in [0.15, 0.2) is 0 Å². The highest BCUT2D eigenvalue weighted by Gasteiger charge is 2.24. The molecule has 0 spiro atoms. The van der Waals surface area contributed by atoms with E-state index in [0.29, 0.717) is 24.1 Å². The van der Waals surface area contributed by atoms with Crippen LogP contribution < -0.4 is 10.1 Å². The third-order valence-corrected chi connectivity index (χ3v) is 4.44. The molecule has 118 valence electrons. The molecule has 0 bridgehead atoms. The number of ether oxygens (including phenoxy) is 1. The van der Waals surface area contributed by atoms with Crippen LogP contribution in [0.3, 0.4) is 0 Å². The van der Waals surface area contributed by atoms with Gasteiger partial charge < -0.3 is 10.1 Å². The van der Waals surface area contributed by atoms with Gasteiger partial charge in [-0.3, -0.25) is 9.78 Å². The summed E-state index contributed by atoms with van der Waals surface area (Å²) >= 11 is 0. The molecular formula is C19H20N2O2. The van der Waals surface area contributed by atoms with Crippen molar-refractivity contribution < 1.29 is 9.53 Å². The molecule has 4 heteroatoms. The number of carbonyl (C=O) groups is 1. The molecule has 1 aliphatic heterocycles. The first-order valence-electron chi connectivity index (χ1n) is 8.24. The fourth-order valence-corrected chi connectivity index (χ4v) is 3.05. The van der Waals surface area contributed by atoms with E-state index in [-0.39, 0.29) is 5.91 Å². The molecule has 0 radical (unpaired) electrons. The second-order valence-electron chi connectivity index (χ2n) is 6.48. The summed E-state index contributed by atoms with van der Waals surface area (Å²) in [6.07, 6.45) is 5.76. The Balaban J connectivity index is 1.44. The van der Waals surface area contributed by atoms with E-state index in [0.717, 1.165) is 37.1 Å². The zero-order valence-electron chi connectivity index (χ0n) is 13.0. The van der Waals surface area contributed by atoms with Gasteiger partial charge in [0.05, 0.1) is 6.61 Å². The number of fused-ring (bicyclic) bond motifs is 1. The van der Waals surface area contributed by atoms with Crippen molar-refractivity contribution in [3.8, 4) is 5.75 Å². The number of hydrogen-bond donors (Lipinski definition) is 1. The van der Waals surface area contributed by atoms with Gasteiger partial charge in [-0.05, 0) is 49.4 Å². The highest BCUT2D eigenvalue weighted by Crippen LogP contribution is 2.28. The van der Waals surface area contributed by atoms with Crippen molar-refractivity contribution in [1.82, 2.24) is 10.3 Å². The third kappa shape index (κ3) is 3.36. The summed E-state index contributed by atoms with van der Waals surface area (Å²) < 4.78 is 5.84. The van der Waals surface area contributed by atoms with Crippen LogP contribution in [0, 0.1) is 5.92 Å². The molecule has 1 unspecified atom stereocenters. The van der Waals surface area contributed by atoms with Gasteiger partial charge >= 0.3 is 0 Å². The summed E-state index contributed by atoms with van der Waals surface area (Å²) in [5.41, 5.74) is 2.92. The van der Waals surface area contributed by atoms with E-state index in [1.807, 2.05) is 24.3 Å². The molecule has 2 aliphatic rings. The van der Waals surface area contributed by atoms with Gasteiger partial charge in [0.2, 0.25) is 0 Å². The van der Waals surface area contributed by atoms with Crippen molar-refractivity contribution in [3.63, 3.8) is 0 Å². The minimum Gasteiger partial charge on any atom is -0.493 e. The first-order valence-corrected chi connectivity index (χ1v) is 8.24. The van der Waals surface area contributed by atoms with Gasteiger partial charge in [-0.1, -0.05) is 18.2 Å². The zero-order chi connectivity index (χ0) is 15.6. The molecule has 1 atom stereocenters. The highest BCUT2D eigenvalue weighted by atomic mass is 16.5. The molecule has 4 rings (SSSR count). The van der Waals surface area contributed by atoms with E-state index in [1.54, 1.807) is 12.3 Å². The van der Waals surface area contributed by atoms with Crippen molar-refractivity contribution in [2.45, 2.75) is 31.7 Å². The fourth-order valence-electron chi connectivity index (χ4n) is 3.05. The van der Waals surface area contributed by atoms with Crippen molar-refractivity contribution in [2.75, 3.05) is 6.61 Å². The minimum atomic E-state index is 0.0152. The fraction of sp³-hybridized carbons (Fsp3) is 0.368. The molecule has 0 saturated heterocycles. The van der Waals surface area contributed by atoms with Gasteiger partial charge in [0, 0.05) is 29.4 Å². The molecule has 23 heavy (non-hydrogen) atoms. The Labute approximate surface area is 135 Å². The van der Waals surface area contributed by atoms with E-state index >= 15 is 0 Å². The SMILES string of the molecule is O=C(NC1CC1)c1ccnc(CC2COc3ccccc3C2)c1. The number of amides is 1. The molecule has 1 aromatic heterocycles. The summed E-state index contributed by atoms with van der Waals surface area (Å²) in [6, 6.07) is 12.3. The molecule has 1 fully saturated rings. The summed E-state index contributed by atoms with van der Waals surface area (Å²) in [5.74, 6) is 1.41. The highest BCUT2D eigenvalue weighted by molar-refractivity contribution is 5.94. The lowest BCUT2D eigenvalue weighted by molar-refractivity contribution is 0.0951. The first kappa shape index (κ1) is 14.2.